The predicted molar refractivity (Wildman–Crippen MR) is 71.6 cm³/mol. The molecule has 0 bridgehead atoms. The zero-order chi connectivity index (χ0) is 12.3. The minimum atomic E-state index is 0.623. The molecular formula is C16H18O. The molecule has 1 rings (SSSR count). The molecule has 0 heterocycles. The first-order chi connectivity index (χ1) is 8.33. The maximum atomic E-state index is 10.2. The summed E-state index contributed by atoms with van der Waals surface area (Å²) in [4.78, 5) is 10.2. The van der Waals surface area contributed by atoms with E-state index in [0.29, 0.717) is 6.42 Å². The normalized spacial score (nSPS) is 10.5. The lowest BCUT2D eigenvalue weighted by Gasteiger charge is -1.95. The van der Waals surface area contributed by atoms with E-state index in [1.807, 2.05) is 30.3 Å². The molecule has 0 amide bonds. The van der Waals surface area contributed by atoms with Gasteiger partial charge in [0, 0.05) is 18.4 Å². The van der Waals surface area contributed by atoms with Crippen molar-refractivity contribution >= 4 is 6.29 Å². The molecule has 0 spiro atoms. The van der Waals surface area contributed by atoms with E-state index < -0.39 is 0 Å². The van der Waals surface area contributed by atoms with Crippen LogP contribution in [0.4, 0.5) is 0 Å². The lowest BCUT2D eigenvalue weighted by molar-refractivity contribution is -0.107. The van der Waals surface area contributed by atoms with Crippen LogP contribution in [0.1, 0.15) is 38.2 Å². The second-order valence-electron chi connectivity index (χ2n) is 3.96. The molecule has 1 nitrogen and oxygen atoms in total. The third-order valence-corrected chi connectivity index (χ3v) is 2.43. The fraction of sp³-hybridized carbons (Fsp3) is 0.312. The van der Waals surface area contributed by atoms with E-state index in [4.69, 9.17) is 0 Å². The highest BCUT2D eigenvalue weighted by atomic mass is 16.1. The summed E-state index contributed by atoms with van der Waals surface area (Å²) in [6.45, 7) is 2.06. The zero-order valence-electron chi connectivity index (χ0n) is 10.3. The van der Waals surface area contributed by atoms with Gasteiger partial charge in [0.2, 0.25) is 0 Å². The summed E-state index contributed by atoms with van der Waals surface area (Å²) in [5.41, 5.74) is 2.34. The van der Waals surface area contributed by atoms with Gasteiger partial charge in [-0.2, -0.15) is 0 Å². The summed E-state index contributed by atoms with van der Waals surface area (Å²) in [6.07, 6.45) is 6.46. The van der Waals surface area contributed by atoms with Crippen LogP contribution in [0.3, 0.4) is 0 Å². The lowest BCUT2D eigenvalue weighted by Crippen LogP contribution is -1.79. The van der Waals surface area contributed by atoms with Crippen molar-refractivity contribution in [1.82, 2.24) is 0 Å². The Balaban J connectivity index is 2.29. The number of aldehydes is 1. The van der Waals surface area contributed by atoms with Crippen molar-refractivity contribution in [2.45, 2.75) is 32.6 Å². The quantitative estimate of drug-likeness (QED) is 0.323. The van der Waals surface area contributed by atoms with Crippen molar-refractivity contribution in [1.29, 1.82) is 0 Å². The summed E-state index contributed by atoms with van der Waals surface area (Å²) >= 11 is 0. The van der Waals surface area contributed by atoms with Crippen LogP contribution < -0.4 is 0 Å². The highest BCUT2D eigenvalue weighted by molar-refractivity contribution is 5.49. The van der Waals surface area contributed by atoms with Gasteiger partial charge in [0.1, 0.15) is 6.29 Å². The molecular weight excluding hydrogens is 208 g/mol. The smallest absolute Gasteiger partial charge is 0.120 e. The van der Waals surface area contributed by atoms with Gasteiger partial charge in [-0.1, -0.05) is 41.7 Å². The molecule has 0 radical (unpaired) electrons. The van der Waals surface area contributed by atoms with Gasteiger partial charge < -0.3 is 4.79 Å². The molecule has 0 aromatic heterocycles. The SMILES string of the molecule is C/C(=C\CCC#Cc1ccccc1)CCC=O. The van der Waals surface area contributed by atoms with E-state index in [1.165, 1.54) is 5.57 Å². The number of rotatable bonds is 5. The molecule has 0 saturated heterocycles. The summed E-state index contributed by atoms with van der Waals surface area (Å²) in [7, 11) is 0. The van der Waals surface area contributed by atoms with Gasteiger partial charge >= 0.3 is 0 Å². The molecule has 0 aliphatic heterocycles. The summed E-state index contributed by atoms with van der Waals surface area (Å²) < 4.78 is 0. The van der Waals surface area contributed by atoms with Crippen molar-refractivity contribution in [3.05, 3.63) is 47.5 Å². The van der Waals surface area contributed by atoms with Gasteiger partial charge in [0.05, 0.1) is 0 Å². The van der Waals surface area contributed by atoms with Gasteiger partial charge in [0.15, 0.2) is 0 Å². The van der Waals surface area contributed by atoms with Gasteiger partial charge in [-0.3, -0.25) is 0 Å². The van der Waals surface area contributed by atoms with Crippen LogP contribution in [0.5, 0.6) is 0 Å². The first kappa shape index (κ1) is 13.3. The van der Waals surface area contributed by atoms with E-state index in [0.717, 1.165) is 31.1 Å². The Morgan fingerprint density at radius 2 is 2.00 bits per heavy atom. The first-order valence-corrected chi connectivity index (χ1v) is 5.96. The molecule has 88 valence electrons. The number of carbonyl (C=O) groups excluding carboxylic acids is 1. The molecule has 0 aliphatic rings. The highest BCUT2D eigenvalue weighted by Crippen LogP contribution is 2.04. The Labute approximate surface area is 104 Å². The lowest BCUT2D eigenvalue weighted by atomic mass is 10.1. The number of hydrogen-bond donors (Lipinski definition) is 0. The molecule has 0 N–H and O–H groups in total. The molecule has 1 heteroatoms. The van der Waals surface area contributed by atoms with Gasteiger partial charge in [-0.25, -0.2) is 0 Å². The van der Waals surface area contributed by atoms with Crippen molar-refractivity contribution < 1.29 is 4.79 Å². The average molecular weight is 226 g/mol. The second kappa shape index (κ2) is 8.35. The fourth-order valence-electron chi connectivity index (χ4n) is 1.47. The van der Waals surface area contributed by atoms with Gasteiger partial charge in [-0.15, -0.1) is 0 Å². The Bertz CT molecular complexity index is 418. The molecule has 1 aromatic carbocycles. The second-order valence-corrected chi connectivity index (χ2v) is 3.96. The zero-order valence-corrected chi connectivity index (χ0v) is 10.3. The van der Waals surface area contributed by atoms with E-state index in [-0.39, 0.29) is 0 Å². The van der Waals surface area contributed by atoms with Gasteiger partial charge in [-0.05, 0) is 31.9 Å². The number of carbonyl (C=O) groups is 1. The number of unbranched alkanes of at least 4 members (excludes halogenated alkanes) is 1. The number of allylic oxidation sites excluding steroid dienone is 2. The molecule has 0 atom stereocenters. The Morgan fingerprint density at radius 1 is 1.24 bits per heavy atom. The summed E-state index contributed by atoms with van der Waals surface area (Å²) in [5.74, 6) is 6.28. The molecule has 0 unspecified atom stereocenters. The van der Waals surface area contributed by atoms with Crippen molar-refractivity contribution in [3.8, 4) is 11.8 Å². The van der Waals surface area contributed by atoms with Crippen LogP contribution in [0.15, 0.2) is 42.0 Å². The molecule has 1 aromatic rings. The van der Waals surface area contributed by atoms with E-state index in [9.17, 15) is 4.79 Å². The standard InChI is InChI=1S/C16H18O/c1-15(10-8-14-17)9-4-2-5-11-16-12-6-3-7-13-16/h3,6-7,9,12-14H,2,4,8,10H2,1H3/b15-9+. The third kappa shape index (κ3) is 6.37. The van der Waals surface area contributed by atoms with E-state index in [2.05, 4.69) is 24.8 Å². The van der Waals surface area contributed by atoms with Crippen LogP contribution in [0, 0.1) is 11.8 Å². The minimum absolute atomic E-state index is 0.623. The van der Waals surface area contributed by atoms with Crippen LogP contribution in [0.25, 0.3) is 0 Å². The van der Waals surface area contributed by atoms with E-state index >= 15 is 0 Å². The van der Waals surface area contributed by atoms with Crippen LogP contribution >= 0.6 is 0 Å². The number of benzene rings is 1. The Hall–Kier alpha value is -1.81. The van der Waals surface area contributed by atoms with Crippen molar-refractivity contribution in [3.63, 3.8) is 0 Å². The average Bonchev–Trinajstić information content (AvgIpc) is 2.37. The minimum Gasteiger partial charge on any atom is -0.303 e. The largest absolute Gasteiger partial charge is 0.303 e. The molecule has 0 aliphatic carbocycles. The van der Waals surface area contributed by atoms with Gasteiger partial charge in [0.25, 0.3) is 0 Å². The number of hydrogen-bond acceptors (Lipinski definition) is 1. The fourth-order valence-corrected chi connectivity index (χ4v) is 1.47. The maximum Gasteiger partial charge on any atom is 0.120 e. The predicted octanol–water partition coefficient (Wildman–Crippen LogP) is 3.74. The van der Waals surface area contributed by atoms with Crippen molar-refractivity contribution in [2.24, 2.45) is 0 Å². The maximum absolute atomic E-state index is 10.2. The third-order valence-electron chi connectivity index (χ3n) is 2.43. The Morgan fingerprint density at radius 3 is 2.71 bits per heavy atom. The summed E-state index contributed by atoms with van der Waals surface area (Å²) in [6, 6.07) is 10.0. The van der Waals surface area contributed by atoms with Crippen LogP contribution in [-0.4, -0.2) is 6.29 Å². The molecule has 0 saturated carbocycles. The molecule has 17 heavy (non-hydrogen) atoms. The summed E-state index contributed by atoms with van der Waals surface area (Å²) in [5, 5.41) is 0. The van der Waals surface area contributed by atoms with Crippen LogP contribution in [0.2, 0.25) is 0 Å². The Kier molecular flexibility index (Phi) is 6.51. The highest BCUT2D eigenvalue weighted by Gasteiger charge is 1.88. The van der Waals surface area contributed by atoms with Crippen LogP contribution in [-0.2, 0) is 4.79 Å². The monoisotopic (exact) mass is 226 g/mol. The molecule has 0 fully saturated rings. The topological polar surface area (TPSA) is 17.1 Å². The first-order valence-electron chi connectivity index (χ1n) is 5.96. The van der Waals surface area contributed by atoms with E-state index in [1.54, 1.807) is 0 Å². The van der Waals surface area contributed by atoms with Crippen molar-refractivity contribution in [2.75, 3.05) is 0 Å².